The Morgan fingerprint density at radius 3 is 2.92 bits per heavy atom. The molecule has 1 aromatic heterocycles. The molecule has 3 heterocycles. The number of hydrogen-bond acceptors (Lipinski definition) is 5. The van der Waals surface area contributed by atoms with Gasteiger partial charge in [-0.15, -0.1) is 0 Å². The zero-order valence-electron chi connectivity index (χ0n) is 13.2. The quantitative estimate of drug-likeness (QED) is 0.882. The molecule has 1 N–H and O–H groups in total. The van der Waals surface area contributed by atoms with Gasteiger partial charge in [-0.05, 0) is 18.2 Å². The minimum atomic E-state index is -1.23. The van der Waals surface area contributed by atoms with Gasteiger partial charge in [-0.25, -0.2) is 0 Å². The Hall–Kier alpha value is -2.19. The number of aromatic amines is 1. The third kappa shape index (κ3) is 2.42. The molecular formula is C16H17N3O4S. The topological polar surface area (TPSA) is 84.5 Å². The molecule has 7 nitrogen and oxygen atoms in total. The van der Waals surface area contributed by atoms with Crippen molar-refractivity contribution in [2.45, 2.75) is 10.6 Å². The second-order valence-electron chi connectivity index (χ2n) is 5.68. The molecule has 1 unspecified atom stereocenters. The van der Waals surface area contributed by atoms with Crippen LogP contribution in [0.15, 0.2) is 23.1 Å². The van der Waals surface area contributed by atoms with Gasteiger partial charge in [0.25, 0.3) is 5.91 Å². The van der Waals surface area contributed by atoms with Crippen molar-refractivity contribution < 1.29 is 18.5 Å². The lowest BCUT2D eigenvalue weighted by molar-refractivity contribution is 0.0298. The van der Waals surface area contributed by atoms with Crippen LogP contribution in [-0.2, 0) is 21.3 Å². The molecule has 4 rings (SSSR count). The molecular weight excluding hydrogens is 330 g/mol. The summed E-state index contributed by atoms with van der Waals surface area (Å²) in [5.41, 5.74) is 2.64. The number of ether oxygens (including phenoxy) is 2. The van der Waals surface area contributed by atoms with Crippen LogP contribution in [0, 0.1) is 0 Å². The van der Waals surface area contributed by atoms with Crippen molar-refractivity contribution in [1.82, 2.24) is 15.1 Å². The van der Waals surface area contributed by atoms with E-state index in [0.29, 0.717) is 48.3 Å². The van der Waals surface area contributed by atoms with E-state index in [9.17, 15) is 9.00 Å². The molecule has 0 saturated carbocycles. The number of hydrogen-bond donors (Lipinski definition) is 1. The first kappa shape index (κ1) is 15.3. The molecule has 1 saturated heterocycles. The molecule has 24 heavy (non-hydrogen) atoms. The first-order chi connectivity index (χ1) is 11.7. The normalized spacial score (nSPS) is 19.5. The zero-order valence-corrected chi connectivity index (χ0v) is 14.0. The predicted octanol–water partition coefficient (Wildman–Crippen LogP) is 1.18. The lowest BCUT2D eigenvalue weighted by Crippen LogP contribution is -2.41. The molecule has 2 aromatic rings. The van der Waals surface area contributed by atoms with E-state index in [1.165, 1.54) is 0 Å². The molecule has 1 fully saturated rings. The summed E-state index contributed by atoms with van der Waals surface area (Å²) in [5, 5.41) is 7.18. The summed E-state index contributed by atoms with van der Waals surface area (Å²) in [6, 6.07) is 5.42. The predicted molar refractivity (Wildman–Crippen MR) is 87.4 cm³/mol. The van der Waals surface area contributed by atoms with E-state index in [-0.39, 0.29) is 11.7 Å². The Bertz CT molecular complexity index is 827. The van der Waals surface area contributed by atoms with Crippen molar-refractivity contribution >= 4 is 16.7 Å². The Morgan fingerprint density at radius 2 is 2.17 bits per heavy atom. The maximum atomic E-state index is 12.7. The number of nitrogens with one attached hydrogen (secondary N) is 1. The van der Waals surface area contributed by atoms with Gasteiger partial charge >= 0.3 is 0 Å². The van der Waals surface area contributed by atoms with Crippen molar-refractivity contribution in [2.24, 2.45) is 0 Å². The number of nitrogens with zero attached hydrogens (tertiary/aromatic N) is 2. The van der Waals surface area contributed by atoms with Crippen LogP contribution in [0.2, 0.25) is 0 Å². The first-order valence-electron chi connectivity index (χ1n) is 7.70. The number of fused-ring (bicyclic) bond motifs is 3. The fourth-order valence-corrected chi connectivity index (χ4v) is 4.41. The summed E-state index contributed by atoms with van der Waals surface area (Å²) < 4.78 is 23.1. The molecule has 2 aliphatic rings. The number of aromatic nitrogens is 2. The van der Waals surface area contributed by atoms with Crippen LogP contribution >= 0.6 is 0 Å². The minimum absolute atomic E-state index is 0.110. The van der Waals surface area contributed by atoms with Crippen molar-refractivity contribution in [3.8, 4) is 17.0 Å². The lowest BCUT2D eigenvalue weighted by Gasteiger charge is -2.26. The summed E-state index contributed by atoms with van der Waals surface area (Å²) in [6.45, 7) is 2.19. The van der Waals surface area contributed by atoms with Crippen molar-refractivity contribution in [1.29, 1.82) is 0 Å². The van der Waals surface area contributed by atoms with Crippen molar-refractivity contribution in [3.05, 3.63) is 29.5 Å². The molecule has 8 heteroatoms. The molecule has 126 valence electrons. The molecule has 0 radical (unpaired) electrons. The van der Waals surface area contributed by atoms with Gasteiger partial charge in [0, 0.05) is 24.2 Å². The SMILES string of the molecule is COc1ccc2c(c1)S(=O)Cc1c-2n[nH]c1C(=O)N1CCOCC1. The summed E-state index contributed by atoms with van der Waals surface area (Å²) in [6.07, 6.45) is 0. The van der Waals surface area contributed by atoms with E-state index < -0.39 is 10.8 Å². The van der Waals surface area contributed by atoms with E-state index in [4.69, 9.17) is 9.47 Å². The Kier molecular flexibility index (Phi) is 3.85. The first-order valence-corrected chi connectivity index (χ1v) is 9.02. The summed E-state index contributed by atoms with van der Waals surface area (Å²) in [7, 11) is 0.342. The molecule has 1 aromatic carbocycles. The average Bonchev–Trinajstić information content (AvgIpc) is 3.05. The molecule has 0 bridgehead atoms. The van der Waals surface area contributed by atoms with Gasteiger partial charge in [0.1, 0.15) is 11.4 Å². The Morgan fingerprint density at radius 1 is 1.38 bits per heavy atom. The van der Waals surface area contributed by atoms with Crippen LogP contribution in [0.1, 0.15) is 16.1 Å². The van der Waals surface area contributed by atoms with Gasteiger partial charge < -0.3 is 14.4 Å². The highest BCUT2D eigenvalue weighted by Crippen LogP contribution is 2.38. The number of morpholine rings is 1. The minimum Gasteiger partial charge on any atom is -0.497 e. The average molecular weight is 347 g/mol. The number of carbonyl (C=O) groups excluding carboxylic acids is 1. The van der Waals surface area contributed by atoms with Crippen LogP contribution < -0.4 is 4.74 Å². The fourth-order valence-electron chi connectivity index (χ4n) is 3.05. The van der Waals surface area contributed by atoms with E-state index in [1.54, 1.807) is 18.1 Å². The van der Waals surface area contributed by atoms with Crippen LogP contribution in [-0.4, -0.2) is 58.6 Å². The summed E-state index contributed by atoms with van der Waals surface area (Å²) >= 11 is 0. The van der Waals surface area contributed by atoms with Crippen LogP contribution in [0.5, 0.6) is 5.75 Å². The maximum Gasteiger partial charge on any atom is 0.272 e. The smallest absolute Gasteiger partial charge is 0.272 e. The molecule has 0 aliphatic carbocycles. The highest BCUT2D eigenvalue weighted by atomic mass is 32.2. The number of amides is 1. The lowest BCUT2D eigenvalue weighted by atomic mass is 10.1. The number of benzene rings is 1. The largest absolute Gasteiger partial charge is 0.497 e. The monoisotopic (exact) mass is 347 g/mol. The van der Waals surface area contributed by atoms with Crippen molar-refractivity contribution in [3.63, 3.8) is 0 Å². The third-order valence-corrected chi connectivity index (χ3v) is 5.72. The number of rotatable bonds is 2. The van der Waals surface area contributed by atoms with E-state index in [0.717, 1.165) is 11.1 Å². The van der Waals surface area contributed by atoms with Gasteiger partial charge in [0.2, 0.25) is 0 Å². The van der Waals surface area contributed by atoms with E-state index >= 15 is 0 Å². The van der Waals surface area contributed by atoms with Gasteiger partial charge in [0.05, 0.1) is 47.5 Å². The highest BCUT2D eigenvalue weighted by Gasteiger charge is 2.31. The van der Waals surface area contributed by atoms with Crippen LogP contribution in [0.25, 0.3) is 11.3 Å². The van der Waals surface area contributed by atoms with Gasteiger partial charge in [0.15, 0.2) is 0 Å². The molecule has 1 atom stereocenters. The standard InChI is InChI=1S/C16H17N3O4S/c1-22-10-2-3-11-13(8-10)24(21)9-12-14(11)17-18-15(12)16(20)19-4-6-23-7-5-19/h2-3,8H,4-7,9H2,1H3,(H,17,18). The number of carbonyl (C=O) groups is 1. The highest BCUT2D eigenvalue weighted by molar-refractivity contribution is 7.84. The maximum absolute atomic E-state index is 12.7. The Balaban J connectivity index is 1.74. The van der Waals surface area contributed by atoms with Gasteiger partial charge in [-0.1, -0.05) is 0 Å². The molecule has 2 aliphatic heterocycles. The number of methoxy groups -OCH3 is 1. The van der Waals surface area contributed by atoms with Crippen LogP contribution in [0.3, 0.4) is 0 Å². The molecule has 0 spiro atoms. The Labute approximate surface area is 141 Å². The summed E-state index contributed by atoms with van der Waals surface area (Å²) in [5.74, 6) is 0.823. The second kappa shape index (κ2) is 6.03. The third-order valence-electron chi connectivity index (χ3n) is 4.34. The van der Waals surface area contributed by atoms with E-state index in [1.807, 2.05) is 12.1 Å². The summed E-state index contributed by atoms with van der Waals surface area (Å²) in [4.78, 5) is 15.2. The zero-order chi connectivity index (χ0) is 16.7. The second-order valence-corrected chi connectivity index (χ2v) is 7.10. The van der Waals surface area contributed by atoms with Gasteiger partial charge in [-0.2, -0.15) is 5.10 Å². The fraction of sp³-hybridized carbons (Fsp3) is 0.375. The number of H-pyrrole nitrogens is 1. The van der Waals surface area contributed by atoms with Crippen molar-refractivity contribution in [2.75, 3.05) is 33.4 Å². The molecule has 1 amide bonds. The van der Waals surface area contributed by atoms with Crippen LogP contribution in [0.4, 0.5) is 0 Å². The van der Waals surface area contributed by atoms with Gasteiger partial charge in [-0.3, -0.25) is 14.1 Å². The van der Waals surface area contributed by atoms with E-state index in [2.05, 4.69) is 10.2 Å².